The van der Waals surface area contributed by atoms with E-state index in [1.807, 2.05) is 53.4 Å². The second-order valence-corrected chi connectivity index (χ2v) is 5.70. The van der Waals surface area contributed by atoms with Crippen LogP contribution in [-0.4, -0.2) is 4.98 Å². The second kappa shape index (κ2) is 7.25. The van der Waals surface area contributed by atoms with Crippen molar-refractivity contribution in [2.75, 3.05) is 4.90 Å². The minimum Gasteiger partial charge on any atom is -0.348 e. The summed E-state index contributed by atoms with van der Waals surface area (Å²) in [4.78, 5) is 6.43. The average molecular weight is 327 g/mol. The molecule has 4 heteroatoms. The maximum Gasteiger partial charge on any atom is 0.129 e. The van der Waals surface area contributed by atoms with Gasteiger partial charge in [0.2, 0.25) is 0 Å². The lowest BCUT2D eigenvalue weighted by Gasteiger charge is -2.24. The van der Waals surface area contributed by atoms with E-state index in [2.05, 4.69) is 4.98 Å². The van der Waals surface area contributed by atoms with Crippen LogP contribution in [0.3, 0.4) is 0 Å². The number of benzene rings is 2. The summed E-state index contributed by atoms with van der Waals surface area (Å²) >= 11 is 6.07. The smallest absolute Gasteiger partial charge is 0.129 e. The largest absolute Gasteiger partial charge is 0.348 e. The Morgan fingerprint density at radius 3 is 2.48 bits per heavy atom. The summed E-state index contributed by atoms with van der Waals surface area (Å²) in [5.74, 6) is 0.593. The first-order chi connectivity index (χ1) is 11.2. The Labute approximate surface area is 140 Å². The van der Waals surface area contributed by atoms with Crippen LogP contribution in [0.25, 0.3) is 0 Å². The molecule has 2 aromatic carbocycles. The van der Waals surface area contributed by atoms with E-state index >= 15 is 0 Å². The van der Waals surface area contributed by atoms with Gasteiger partial charge in [0, 0.05) is 29.9 Å². The highest BCUT2D eigenvalue weighted by Gasteiger charge is 2.12. The molecule has 0 aliphatic rings. The molecule has 23 heavy (non-hydrogen) atoms. The fourth-order valence-corrected chi connectivity index (χ4v) is 2.66. The van der Waals surface area contributed by atoms with Crippen LogP contribution in [0.2, 0.25) is 5.02 Å². The zero-order valence-corrected chi connectivity index (χ0v) is 13.2. The highest BCUT2D eigenvalue weighted by molar-refractivity contribution is 6.30. The van der Waals surface area contributed by atoms with Crippen molar-refractivity contribution in [1.29, 1.82) is 0 Å². The fraction of sp³-hybridized carbons (Fsp3) is 0.105. The summed E-state index contributed by atoms with van der Waals surface area (Å²) in [5, 5.41) is 0.689. The number of aromatic nitrogens is 1. The molecule has 0 saturated carbocycles. The summed E-state index contributed by atoms with van der Waals surface area (Å²) in [7, 11) is 0. The molecule has 0 bridgehead atoms. The lowest BCUT2D eigenvalue weighted by atomic mass is 10.1. The maximum atomic E-state index is 14.0. The van der Waals surface area contributed by atoms with Gasteiger partial charge in [-0.3, -0.25) is 0 Å². The highest BCUT2D eigenvalue weighted by atomic mass is 35.5. The monoisotopic (exact) mass is 326 g/mol. The average Bonchev–Trinajstić information content (AvgIpc) is 2.57. The Balaban J connectivity index is 1.89. The fourth-order valence-electron chi connectivity index (χ4n) is 2.45. The Morgan fingerprint density at radius 1 is 0.913 bits per heavy atom. The van der Waals surface area contributed by atoms with Crippen LogP contribution in [0.1, 0.15) is 11.1 Å². The molecule has 0 atom stereocenters. The van der Waals surface area contributed by atoms with Gasteiger partial charge in [0.05, 0.1) is 0 Å². The molecule has 1 heterocycles. The summed E-state index contributed by atoms with van der Waals surface area (Å²) in [6.45, 7) is 1.04. The van der Waals surface area contributed by atoms with Gasteiger partial charge in [-0.1, -0.05) is 48.0 Å². The molecule has 0 spiro atoms. The molecule has 3 rings (SSSR count). The van der Waals surface area contributed by atoms with Crippen molar-refractivity contribution in [3.05, 3.63) is 94.9 Å². The van der Waals surface area contributed by atoms with Crippen LogP contribution in [0.4, 0.5) is 10.2 Å². The molecule has 1 aromatic heterocycles. The van der Waals surface area contributed by atoms with Crippen molar-refractivity contribution >= 4 is 17.4 Å². The van der Waals surface area contributed by atoms with Gasteiger partial charge in [0.15, 0.2) is 0 Å². The Morgan fingerprint density at radius 2 is 1.74 bits per heavy atom. The predicted molar refractivity (Wildman–Crippen MR) is 92.0 cm³/mol. The maximum absolute atomic E-state index is 14.0. The Bertz CT molecular complexity index is 777. The van der Waals surface area contributed by atoms with E-state index in [0.29, 0.717) is 23.7 Å². The zero-order chi connectivity index (χ0) is 16.1. The van der Waals surface area contributed by atoms with Crippen LogP contribution in [0.15, 0.2) is 72.9 Å². The summed E-state index contributed by atoms with van der Waals surface area (Å²) in [6.07, 6.45) is 1.74. The first kappa shape index (κ1) is 15.5. The number of halogens is 2. The third-order valence-electron chi connectivity index (χ3n) is 3.55. The third-order valence-corrected chi connectivity index (χ3v) is 3.79. The molecule has 0 saturated heterocycles. The first-order valence-electron chi connectivity index (χ1n) is 7.36. The van der Waals surface area contributed by atoms with Crippen LogP contribution >= 0.6 is 11.6 Å². The molecule has 0 amide bonds. The highest BCUT2D eigenvalue weighted by Crippen LogP contribution is 2.20. The van der Waals surface area contributed by atoms with E-state index in [1.165, 1.54) is 6.07 Å². The molecule has 0 N–H and O–H groups in total. The standard InChI is InChI=1S/C19H16ClFN2/c20-17-8-5-6-15(12-17)13-23(19-10-3-4-11-22-19)14-16-7-1-2-9-18(16)21/h1-12H,13-14H2. The minimum absolute atomic E-state index is 0.209. The number of hydrogen-bond donors (Lipinski definition) is 0. The van der Waals surface area contributed by atoms with Crippen molar-refractivity contribution in [2.24, 2.45) is 0 Å². The molecule has 0 fully saturated rings. The van der Waals surface area contributed by atoms with Crippen molar-refractivity contribution in [3.63, 3.8) is 0 Å². The van der Waals surface area contributed by atoms with E-state index < -0.39 is 0 Å². The number of pyridine rings is 1. The van der Waals surface area contributed by atoms with Crippen LogP contribution in [-0.2, 0) is 13.1 Å². The van der Waals surface area contributed by atoms with Crippen LogP contribution in [0.5, 0.6) is 0 Å². The van der Waals surface area contributed by atoms with Gasteiger partial charge < -0.3 is 4.90 Å². The second-order valence-electron chi connectivity index (χ2n) is 5.27. The first-order valence-corrected chi connectivity index (χ1v) is 7.74. The lowest BCUT2D eigenvalue weighted by molar-refractivity contribution is 0.603. The normalized spacial score (nSPS) is 10.5. The molecule has 116 valence electrons. The van der Waals surface area contributed by atoms with E-state index in [0.717, 1.165) is 11.4 Å². The summed E-state index contributed by atoms with van der Waals surface area (Å²) in [6, 6.07) is 20.2. The van der Waals surface area contributed by atoms with Crippen molar-refractivity contribution < 1.29 is 4.39 Å². The Hall–Kier alpha value is -2.39. The van der Waals surface area contributed by atoms with Crippen molar-refractivity contribution in [2.45, 2.75) is 13.1 Å². The van der Waals surface area contributed by atoms with Gasteiger partial charge in [-0.05, 0) is 35.9 Å². The van der Waals surface area contributed by atoms with E-state index in [4.69, 9.17) is 11.6 Å². The summed E-state index contributed by atoms with van der Waals surface area (Å²) < 4.78 is 14.0. The van der Waals surface area contributed by atoms with Crippen molar-refractivity contribution in [3.8, 4) is 0 Å². The van der Waals surface area contributed by atoms with Gasteiger partial charge in [-0.15, -0.1) is 0 Å². The van der Waals surface area contributed by atoms with Gasteiger partial charge >= 0.3 is 0 Å². The van der Waals surface area contributed by atoms with Crippen LogP contribution in [0, 0.1) is 5.82 Å². The van der Waals surface area contributed by atoms with Gasteiger partial charge in [0.1, 0.15) is 11.6 Å². The Kier molecular flexibility index (Phi) is 4.89. The third kappa shape index (κ3) is 4.08. The van der Waals surface area contributed by atoms with E-state index in [9.17, 15) is 4.39 Å². The molecular weight excluding hydrogens is 311 g/mol. The van der Waals surface area contributed by atoms with Gasteiger partial charge in [-0.25, -0.2) is 9.37 Å². The number of rotatable bonds is 5. The molecule has 0 unspecified atom stereocenters. The van der Waals surface area contributed by atoms with Crippen molar-refractivity contribution in [1.82, 2.24) is 4.98 Å². The van der Waals surface area contributed by atoms with Gasteiger partial charge in [-0.2, -0.15) is 0 Å². The SMILES string of the molecule is Fc1ccccc1CN(Cc1cccc(Cl)c1)c1ccccn1. The molecule has 0 aliphatic carbocycles. The molecule has 2 nitrogen and oxygen atoms in total. The number of anilines is 1. The zero-order valence-electron chi connectivity index (χ0n) is 12.5. The number of nitrogens with zero attached hydrogens (tertiary/aromatic N) is 2. The summed E-state index contributed by atoms with van der Waals surface area (Å²) in [5.41, 5.74) is 1.69. The topological polar surface area (TPSA) is 16.1 Å². The molecule has 0 radical (unpaired) electrons. The number of hydrogen-bond acceptors (Lipinski definition) is 2. The minimum atomic E-state index is -0.209. The lowest BCUT2D eigenvalue weighted by Crippen LogP contribution is -2.23. The predicted octanol–water partition coefficient (Wildman–Crippen LogP) is 5.08. The quantitative estimate of drug-likeness (QED) is 0.650. The molecule has 0 aliphatic heterocycles. The molecule has 3 aromatic rings. The van der Waals surface area contributed by atoms with Crippen LogP contribution < -0.4 is 4.90 Å². The van der Waals surface area contributed by atoms with E-state index in [1.54, 1.807) is 18.3 Å². The van der Waals surface area contributed by atoms with Gasteiger partial charge in [0.25, 0.3) is 0 Å². The van der Waals surface area contributed by atoms with E-state index in [-0.39, 0.29) is 5.82 Å². The molecular formula is C19H16ClFN2.